The Hall–Kier alpha value is -1.95. The summed E-state index contributed by atoms with van der Waals surface area (Å²) in [6.45, 7) is 4.85. The number of nitrogens with zero attached hydrogens (tertiary/aromatic N) is 2. The summed E-state index contributed by atoms with van der Waals surface area (Å²) in [5, 5.41) is 3.78. The van der Waals surface area contributed by atoms with Crippen molar-refractivity contribution < 1.29 is 0 Å². The maximum absolute atomic E-state index is 5.84. The van der Waals surface area contributed by atoms with Crippen molar-refractivity contribution in [1.82, 2.24) is 15.2 Å². The van der Waals surface area contributed by atoms with Crippen molar-refractivity contribution in [1.29, 1.82) is 0 Å². The Morgan fingerprint density at radius 2 is 1.92 bits per heavy atom. The maximum Gasteiger partial charge on any atom is 0.123 e. The third-order valence-corrected chi connectivity index (χ3v) is 5.15. The number of hydrogen-bond acceptors (Lipinski definition) is 5. The van der Waals surface area contributed by atoms with Crippen LogP contribution in [0.4, 0.5) is 5.82 Å². The van der Waals surface area contributed by atoms with Gasteiger partial charge in [-0.05, 0) is 49.4 Å². The minimum absolute atomic E-state index is 0.487. The van der Waals surface area contributed by atoms with Crippen molar-refractivity contribution in [2.45, 2.75) is 25.3 Å². The van der Waals surface area contributed by atoms with Gasteiger partial charge in [-0.3, -0.25) is 0 Å². The smallest absolute Gasteiger partial charge is 0.123 e. The van der Waals surface area contributed by atoms with Gasteiger partial charge in [0.2, 0.25) is 0 Å². The van der Waals surface area contributed by atoms with E-state index in [0.717, 1.165) is 51.1 Å². The van der Waals surface area contributed by atoms with Crippen LogP contribution >= 0.6 is 0 Å². The number of benzene rings is 1. The van der Waals surface area contributed by atoms with Gasteiger partial charge in [-0.25, -0.2) is 4.98 Å². The van der Waals surface area contributed by atoms with Crippen LogP contribution in [-0.4, -0.2) is 48.6 Å². The summed E-state index contributed by atoms with van der Waals surface area (Å²) in [4.78, 5) is 6.95. The Morgan fingerprint density at radius 3 is 2.69 bits per heavy atom. The van der Waals surface area contributed by atoms with Crippen molar-refractivity contribution in [2.24, 2.45) is 11.7 Å². The molecule has 1 aromatic carbocycles. The molecule has 1 saturated heterocycles. The normalized spacial score (nSPS) is 20.5. The van der Waals surface area contributed by atoms with E-state index in [2.05, 4.69) is 51.6 Å². The fourth-order valence-electron chi connectivity index (χ4n) is 3.87. The van der Waals surface area contributed by atoms with Gasteiger partial charge in [0.25, 0.3) is 0 Å². The number of nitrogens with one attached hydrogen (secondary N) is 1. The van der Waals surface area contributed by atoms with Gasteiger partial charge in [-0.15, -0.1) is 0 Å². The molecule has 1 aromatic heterocycles. The van der Waals surface area contributed by atoms with Gasteiger partial charge in [0.15, 0.2) is 0 Å². The molecule has 0 radical (unpaired) electrons. The Balaban J connectivity index is 1.52. The van der Waals surface area contributed by atoms with Crippen LogP contribution in [0.25, 0.3) is 0 Å². The number of nitrogens with two attached hydrogens (primary N) is 2. The van der Waals surface area contributed by atoms with Gasteiger partial charge in [-0.2, -0.15) is 0 Å². The number of likely N-dealkylation sites (tertiary alicyclic amines) is 1. The van der Waals surface area contributed by atoms with E-state index >= 15 is 0 Å². The SMILES string of the molecule is NCCN1C[C@H](Cc2cccc(N)n2)[C@@H](NCCCc2ccccc2)C1. The van der Waals surface area contributed by atoms with Crippen molar-refractivity contribution in [3.8, 4) is 0 Å². The van der Waals surface area contributed by atoms with Gasteiger partial charge >= 0.3 is 0 Å². The third kappa shape index (κ3) is 5.53. The molecule has 1 aliphatic rings. The Labute approximate surface area is 156 Å². The van der Waals surface area contributed by atoms with Gasteiger partial charge in [0.05, 0.1) is 0 Å². The Morgan fingerprint density at radius 1 is 1.08 bits per heavy atom. The van der Waals surface area contributed by atoms with Crippen molar-refractivity contribution in [3.05, 3.63) is 59.8 Å². The zero-order valence-electron chi connectivity index (χ0n) is 15.5. The fourth-order valence-corrected chi connectivity index (χ4v) is 3.87. The average Bonchev–Trinajstić information content (AvgIpc) is 3.01. The van der Waals surface area contributed by atoms with E-state index in [1.54, 1.807) is 0 Å². The number of aryl methyl sites for hydroxylation is 1. The highest BCUT2D eigenvalue weighted by Crippen LogP contribution is 2.21. The summed E-state index contributed by atoms with van der Waals surface area (Å²) in [5.41, 5.74) is 14.1. The molecule has 0 bridgehead atoms. The number of pyridine rings is 1. The molecule has 26 heavy (non-hydrogen) atoms. The molecule has 2 heterocycles. The molecule has 1 fully saturated rings. The lowest BCUT2D eigenvalue weighted by Gasteiger charge is -2.20. The standard InChI is InChI=1S/C21H31N5/c22-11-13-26-15-18(14-19-9-4-10-21(23)25-19)20(16-26)24-12-5-8-17-6-2-1-3-7-17/h1-4,6-7,9-10,18,20,24H,5,8,11-16,22H2,(H2,23,25)/t18-,20-/m0/s1. The first-order valence-corrected chi connectivity index (χ1v) is 9.65. The molecular formula is C21H31N5. The molecule has 0 aliphatic carbocycles. The molecule has 0 spiro atoms. The topological polar surface area (TPSA) is 80.2 Å². The lowest BCUT2D eigenvalue weighted by atomic mass is 9.97. The Kier molecular flexibility index (Phi) is 7.00. The molecule has 2 aromatic rings. The molecule has 1 aliphatic heterocycles. The van der Waals surface area contributed by atoms with Crippen LogP contribution in [-0.2, 0) is 12.8 Å². The van der Waals surface area contributed by atoms with E-state index in [0.29, 0.717) is 24.3 Å². The van der Waals surface area contributed by atoms with E-state index < -0.39 is 0 Å². The van der Waals surface area contributed by atoms with Crippen LogP contribution < -0.4 is 16.8 Å². The molecule has 5 heteroatoms. The predicted molar refractivity (Wildman–Crippen MR) is 108 cm³/mol. The van der Waals surface area contributed by atoms with Crippen LogP contribution in [0.1, 0.15) is 17.7 Å². The van der Waals surface area contributed by atoms with Crippen LogP contribution in [0.15, 0.2) is 48.5 Å². The number of aromatic nitrogens is 1. The predicted octanol–water partition coefficient (Wildman–Crippen LogP) is 1.69. The lowest BCUT2D eigenvalue weighted by Crippen LogP contribution is -2.38. The number of anilines is 1. The van der Waals surface area contributed by atoms with E-state index in [-0.39, 0.29) is 0 Å². The van der Waals surface area contributed by atoms with Gasteiger partial charge in [0.1, 0.15) is 5.82 Å². The molecule has 5 nitrogen and oxygen atoms in total. The zero-order chi connectivity index (χ0) is 18.2. The van der Waals surface area contributed by atoms with E-state index in [1.165, 1.54) is 5.56 Å². The third-order valence-electron chi connectivity index (χ3n) is 5.15. The minimum Gasteiger partial charge on any atom is -0.384 e. The fraction of sp³-hybridized carbons (Fsp3) is 0.476. The summed E-state index contributed by atoms with van der Waals surface area (Å²) >= 11 is 0. The molecular weight excluding hydrogens is 322 g/mol. The Bertz CT molecular complexity index is 660. The summed E-state index contributed by atoms with van der Waals surface area (Å²) in [5.74, 6) is 1.15. The molecule has 5 N–H and O–H groups in total. The van der Waals surface area contributed by atoms with Crippen LogP contribution in [0, 0.1) is 5.92 Å². The van der Waals surface area contributed by atoms with E-state index in [9.17, 15) is 0 Å². The second kappa shape index (κ2) is 9.67. The first kappa shape index (κ1) is 18.8. The molecule has 3 rings (SSSR count). The van der Waals surface area contributed by atoms with Crippen molar-refractivity contribution >= 4 is 5.82 Å². The zero-order valence-corrected chi connectivity index (χ0v) is 15.5. The van der Waals surface area contributed by atoms with Crippen molar-refractivity contribution in [3.63, 3.8) is 0 Å². The lowest BCUT2D eigenvalue weighted by molar-refractivity contribution is 0.330. The van der Waals surface area contributed by atoms with Crippen LogP contribution in [0.2, 0.25) is 0 Å². The quantitative estimate of drug-likeness (QED) is 0.598. The second-order valence-corrected chi connectivity index (χ2v) is 7.22. The van der Waals surface area contributed by atoms with E-state index in [4.69, 9.17) is 11.5 Å². The number of nitrogen functional groups attached to an aromatic ring is 1. The summed E-state index contributed by atoms with van der Waals surface area (Å²) in [6, 6.07) is 17.1. The average molecular weight is 354 g/mol. The van der Waals surface area contributed by atoms with Crippen molar-refractivity contribution in [2.75, 3.05) is 38.5 Å². The highest BCUT2D eigenvalue weighted by molar-refractivity contribution is 5.29. The summed E-state index contributed by atoms with van der Waals surface area (Å²) < 4.78 is 0. The maximum atomic E-state index is 5.84. The van der Waals surface area contributed by atoms with Crippen LogP contribution in [0.5, 0.6) is 0 Å². The van der Waals surface area contributed by atoms with Crippen LogP contribution in [0.3, 0.4) is 0 Å². The molecule has 0 unspecified atom stereocenters. The van der Waals surface area contributed by atoms with Gasteiger partial charge in [-0.1, -0.05) is 36.4 Å². The van der Waals surface area contributed by atoms with E-state index in [1.807, 2.05) is 12.1 Å². The highest BCUT2D eigenvalue weighted by atomic mass is 15.2. The summed E-state index contributed by atoms with van der Waals surface area (Å²) in [7, 11) is 0. The molecule has 0 saturated carbocycles. The molecule has 140 valence electrons. The highest BCUT2D eigenvalue weighted by Gasteiger charge is 2.32. The van der Waals surface area contributed by atoms with Gasteiger partial charge < -0.3 is 21.7 Å². The molecule has 0 amide bonds. The number of hydrogen-bond donors (Lipinski definition) is 3. The number of rotatable bonds is 9. The largest absolute Gasteiger partial charge is 0.384 e. The first-order chi connectivity index (χ1) is 12.7. The monoisotopic (exact) mass is 353 g/mol. The minimum atomic E-state index is 0.487. The first-order valence-electron chi connectivity index (χ1n) is 9.65. The second-order valence-electron chi connectivity index (χ2n) is 7.22. The summed E-state index contributed by atoms with van der Waals surface area (Å²) in [6.07, 6.45) is 3.23. The molecule has 2 atom stereocenters. The van der Waals surface area contributed by atoms with Gasteiger partial charge in [0, 0.05) is 37.9 Å².